The minimum atomic E-state index is -0.944. The first-order valence-electron chi connectivity index (χ1n) is 9.89. The lowest BCUT2D eigenvalue weighted by Gasteiger charge is -2.45. The van der Waals surface area contributed by atoms with E-state index < -0.39 is 6.09 Å². The number of fused-ring (bicyclic) bond motifs is 1. The summed E-state index contributed by atoms with van der Waals surface area (Å²) in [4.78, 5) is 30.4. The lowest BCUT2D eigenvalue weighted by atomic mass is 9.86. The van der Waals surface area contributed by atoms with Crippen LogP contribution in [0, 0.1) is 0 Å². The van der Waals surface area contributed by atoms with E-state index in [4.69, 9.17) is 0 Å². The zero-order valence-electron chi connectivity index (χ0n) is 17.6. The van der Waals surface area contributed by atoms with Gasteiger partial charge < -0.3 is 15.3 Å². The van der Waals surface area contributed by atoms with E-state index in [1.54, 1.807) is 13.1 Å². The molecular weight excluding hydrogens is 368 g/mol. The number of pyridine rings is 1. The Labute approximate surface area is 171 Å². The second-order valence-corrected chi connectivity index (χ2v) is 7.72. The van der Waals surface area contributed by atoms with Gasteiger partial charge >= 0.3 is 12.0 Å². The van der Waals surface area contributed by atoms with Crippen molar-refractivity contribution in [2.75, 3.05) is 26.0 Å². The molecule has 1 aliphatic heterocycles. The van der Waals surface area contributed by atoms with Crippen LogP contribution in [0.2, 0.25) is 0 Å². The van der Waals surface area contributed by atoms with E-state index in [1.807, 2.05) is 58.3 Å². The highest BCUT2D eigenvalue weighted by Gasteiger charge is 2.47. The van der Waals surface area contributed by atoms with E-state index in [0.717, 1.165) is 28.2 Å². The Morgan fingerprint density at radius 3 is 2.48 bits per heavy atom. The molecule has 29 heavy (non-hydrogen) atoms. The van der Waals surface area contributed by atoms with Crippen molar-refractivity contribution in [1.82, 2.24) is 14.4 Å². The van der Waals surface area contributed by atoms with Crippen LogP contribution in [0.15, 0.2) is 36.5 Å². The van der Waals surface area contributed by atoms with Crippen molar-refractivity contribution in [3.05, 3.63) is 42.1 Å². The summed E-state index contributed by atoms with van der Waals surface area (Å²) in [6, 6.07) is 9.54. The molecule has 2 amide bonds. The number of hydrogen-bond acceptors (Lipinski definition) is 4. The third-order valence-electron chi connectivity index (χ3n) is 6.30. The van der Waals surface area contributed by atoms with Crippen molar-refractivity contribution in [2.45, 2.75) is 39.3 Å². The van der Waals surface area contributed by atoms with E-state index in [-0.39, 0.29) is 22.5 Å². The fourth-order valence-electron chi connectivity index (χ4n) is 4.30. The number of rotatable bonds is 4. The molecule has 7 nitrogen and oxygen atoms in total. The van der Waals surface area contributed by atoms with Crippen molar-refractivity contribution < 1.29 is 14.7 Å². The number of nitrogens with zero attached hydrogens (tertiary/aromatic N) is 3. The van der Waals surface area contributed by atoms with E-state index in [2.05, 4.69) is 10.3 Å². The fraction of sp³-hybridized carbons (Fsp3) is 0.409. The quantitative estimate of drug-likeness (QED) is 0.759. The van der Waals surface area contributed by atoms with Gasteiger partial charge in [0.05, 0.1) is 26.1 Å². The second-order valence-electron chi connectivity index (χ2n) is 7.72. The van der Waals surface area contributed by atoms with Gasteiger partial charge in [0.25, 0.3) is 0 Å². The van der Waals surface area contributed by atoms with Crippen molar-refractivity contribution in [1.29, 1.82) is 0 Å². The summed E-state index contributed by atoms with van der Waals surface area (Å²) in [7, 11) is 3.74. The Balaban J connectivity index is 2.18. The van der Waals surface area contributed by atoms with Crippen molar-refractivity contribution >= 4 is 23.5 Å². The van der Waals surface area contributed by atoms with Gasteiger partial charge in [-0.05, 0) is 43.7 Å². The number of anilines is 1. The van der Waals surface area contributed by atoms with Crippen LogP contribution in [0.4, 0.5) is 16.3 Å². The molecule has 3 rings (SSSR count). The highest BCUT2D eigenvalue weighted by Crippen LogP contribution is 2.45. The summed E-state index contributed by atoms with van der Waals surface area (Å²) in [5.74, 6) is 0.825. The van der Waals surface area contributed by atoms with Gasteiger partial charge in [-0.15, -0.1) is 0 Å². The van der Waals surface area contributed by atoms with Crippen molar-refractivity contribution in [3.63, 3.8) is 0 Å². The summed E-state index contributed by atoms with van der Waals surface area (Å²) in [5, 5.41) is 12.8. The largest absolute Gasteiger partial charge is 0.465 e. The summed E-state index contributed by atoms with van der Waals surface area (Å²) in [6.07, 6.45) is 1.44. The van der Waals surface area contributed by atoms with Gasteiger partial charge in [0.2, 0.25) is 0 Å². The molecule has 2 N–H and O–H groups in total. The molecule has 1 unspecified atom stereocenters. The van der Waals surface area contributed by atoms with Gasteiger partial charge in [0, 0.05) is 43.4 Å². The highest BCUT2D eigenvalue weighted by atomic mass is 16.4. The fourth-order valence-corrected chi connectivity index (χ4v) is 4.30. The molecule has 1 aromatic carbocycles. The standard InChI is InChI=1S/C22H28N4O3/c1-6-25(22(28)29)19-11-14(2)26(5,15(3)27)20-9-7-16(12-18(19)20)17-8-10-21(23-4)24-13-17/h7-10,12-14,19H,6,11H2,1-5H3,(H-,23,24,28,29)/p+1/t14-,19?,26+/m0/s1. The first-order valence-corrected chi connectivity index (χ1v) is 9.89. The third-order valence-corrected chi connectivity index (χ3v) is 6.30. The summed E-state index contributed by atoms with van der Waals surface area (Å²) >= 11 is 0. The van der Waals surface area contributed by atoms with Crippen LogP contribution in [0.25, 0.3) is 11.1 Å². The van der Waals surface area contributed by atoms with Crippen LogP contribution < -0.4 is 9.80 Å². The molecule has 1 aromatic heterocycles. The predicted molar refractivity (Wildman–Crippen MR) is 115 cm³/mol. The zero-order valence-corrected chi connectivity index (χ0v) is 17.6. The Hall–Kier alpha value is -2.93. The van der Waals surface area contributed by atoms with E-state index in [0.29, 0.717) is 13.0 Å². The SMILES string of the molecule is CCN(C(=O)O)C1C[C@H](C)[N@+](C)(C(C)=O)c2ccc(-c3ccc(NC)nc3)cc21. The normalized spacial score (nSPS) is 23.2. The maximum Gasteiger partial charge on any atom is 0.407 e. The average molecular weight is 397 g/mol. The molecule has 0 spiro atoms. The molecule has 0 bridgehead atoms. The maximum absolute atomic E-state index is 12.6. The molecule has 2 aromatic rings. The van der Waals surface area contributed by atoms with Gasteiger partial charge in [-0.1, -0.05) is 0 Å². The van der Waals surface area contributed by atoms with E-state index in [9.17, 15) is 14.7 Å². The van der Waals surface area contributed by atoms with Gasteiger partial charge in [0.1, 0.15) is 11.5 Å². The molecular formula is C22H29N4O3+. The molecule has 0 aliphatic carbocycles. The molecule has 0 radical (unpaired) electrons. The lowest BCUT2D eigenvalue weighted by Crippen LogP contribution is -2.60. The lowest BCUT2D eigenvalue weighted by molar-refractivity contribution is -0.129. The zero-order chi connectivity index (χ0) is 21.3. The van der Waals surface area contributed by atoms with Crippen molar-refractivity contribution in [3.8, 4) is 11.1 Å². The van der Waals surface area contributed by atoms with Gasteiger partial charge in [-0.25, -0.2) is 19.1 Å². The summed E-state index contributed by atoms with van der Waals surface area (Å²) in [6.45, 7) is 5.85. The molecule has 0 saturated carbocycles. The monoisotopic (exact) mass is 397 g/mol. The number of amides is 2. The van der Waals surface area contributed by atoms with Crippen LogP contribution in [0.3, 0.4) is 0 Å². The first kappa shape index (κ1) is 20.8. The Morgan fingerprint density at radius 2 is 1.97 bits per heavy atom. The van der Waals surface area contributed by atoms with Crippen LogP contribution in [-0.4, -0.2) is 53.7 Å². The molecule has 154 valence electrons. The molecule has 0 fully saturated rings. The number of carbonyl (C=O) groups excluding carboxylic acids is 1. The molecule has 2 heterocycles. The van der Waals surface area contributed by atoms with E-state index >= 15 is 0 Å². The number of quaternary nitrogens is 1. The van der Waals surface area contributed by atoms with Gasteiger partial charge in [-0.3, -0.25) is 0 Å². The van der Waals surface area contributed by atoms with Crippen LogP contribution >= 0.6 is 0 Å². The van der Waals surface area contributed by atoms with E-state index in [1.165, 1.54) is 4.90 Å². The van der Waals surface area contributed by atoms with Gasteiger partial charge in [-0.2, -0.15) is 0 Å². The number of carbonyl (C=O) groups is 2. The number of carboxylic acid groups (broad SMARTS) is 1. The Bertz CT molecular complexity index is 928. The van der Waals surface area contributed by atoms with Crippen LogP contribution in [-0.2, 0) is 4.79 Å². The average Bonchev–Trinajstić information content (AvgIpc) is 2.71. The molecule has 7 heteroatoms. The molecule has 3 atom stereocenters. The Morgan fingerprint density at radius 1 is 1.28 bits per heavy atom. The summed E-state index contributed by atoms with van der Waals surface area (Å²) in [5.41, 5.74) is 3.65. The van der Waals surface area contributed by atoms with Crippen LogP contribution in [0.5, 0.6) is 0 Å². The number of benzene rings is 1. The minimum Gasteiger partial charge on any atom is -0.465 e. The van der Waals surface area contributed by atoms with Crippen LogP contribution in [0.1, 0.15) is 38.8 Å². The summed E-state index contributed by atoms with van der Waals surface area (Å²) < 4.78 is 0.167. The Kier molecular flexibility index (Phi) is 5.61. The highest BCUT2D eigenvalue weighted by molar-refractivity contribution is 5.89. The topological polar surface area (TPSA) is 82.5 Å². The predicted octanol–water partition coefficient (Wildman–Crippen LogP) is 4.11. The smallest absolute Gasteiger partial charge is 0.407 e. The first-order chi connectivity index (χ1) is 13.7. The number of hydrogen-bond donors (Lipinski definition) is 2. The van der Waals surface area contributed by atoms with Gasteiger partial charge in [0.15, 0.2) is 0 Å². The number of nitrogens with one attached hydrogen (secondary N) is 1. The maximum atomic E-state index is 12.6. The minimum absolute atomic E-state index is 0.0270. The van der Waals surface area contributed by atoms with Crippen molar-refractivity contribution in [2.24, 2.45) is 0 Å². The molecule has 1 aliphatic rings. The second kappa shape index (κ2) is 7.83. The molecule has 0 saturated heterocycles. The number of aromatic nitrogens is 1. The third kappa shape index (κ3) is 3.46.